The highest BCUT2D eigenvalue weighted by atomic mass is 16.5. The molecule has 110 valence electrons. The molecule has 1 N–H and O–H groups in total. The van der Waals surface area contributed by atoms with Gasteiger partial charge in [-0.05, 0) is 18.2 Å². The van der Waals surface area contributed by atoms with E-state index in [1.807, 2.05) is 0 Å². The summed E-state index contributed by atoms with van der Waals surface area (Å²) in [6.45, 7) is -0.132. The summed E-state index contributed by atoms with van der Waals surface area (Å²) in [5, 5.41) is 6.70. The zero-order valence-electron chi connectivity index (χ0n) is 11.5. The topological polar surface area (TPSA) is 94.8 Å². The molecule has 3 aromatic heterocycles. The molecule has 0 fully saturated rings. The minimum atomic E-state index is -0.325. The van der Waals surface area contributed by atoms with E-state index in [1.54, 1.807) is 47.5 Å². The van der Waals surface area contributed by atoms with E-state index in [4.69, 9.17) is 4.74 Å². The highest BCUT2D eigenvalue weighted by Crippen LogP contribution is 2.09. The fraction of sp³-hybridized carbons (Fsp3) is 0.0714. The molecule has 0 spiro atoms. The van der Waals surface area contributed by atoms with E-state index in [0.29, 0.717) is 17.4 Å². The molecule has 8 heteroatoms. The summed E-state index contributed by atoms with van der Waals surface area (Å²) >= 11 is 0. The summed E-state index contributed by atoms with van der Waals surface area (Å²) in [6.07, 6.45) is 7.91. The van der Waals surface area contributed by atoms with Crippen LogP contribution in [0.2, 0.25) is 0 Å². The van der Waals surface area contributed by atoms with E-state index in [2.05, 4.69) is 25.4 Å². The molecule has 0 aliphatic rings. The van der Waals surface area contributed by atoms with Crippen molar-refractivity contribution in [2.75, 3.05) is 11.9 Å². The van der Waals surface area contributed by atoms with Gasteiger partial charge in [0, 0.05) is 24.7 Å². The van der Waals surface area contributed by atoms with E-state index in [0.717, 1.165) is 0 Å². The van der Waals surface area contributed by atoms with Gasteiger partial charge >= 0.3 is 0 Å². The van der Waals surface area contributed by atoms with Gasteiger partial charge in [0.05, 0.1) is 6.20 Å². The van der Waals surface area contributed by atoms with Gasteiger partial charge in [0.1, 0.15) is 17.9 Å². The Labute approximate surface area is 125 Å². The molecule has 1 amide bonds. The summed E-state index contributed by atoms with van der Waals surface area (Å²) in [4.78, 5) is 23.8. The summed E-state index contributed by atoms with van der Waals surface area (Å²) in [5.41, 5.74) is 0. The second-order valence-electron chi connectivity index (χ2n) is 4.24. The van der Waals surface area contributed by atoms with Crippen molar-refractivity contribution in [3.63, 3.8) is 0 Å². The Morgan fingerprint density at radius 2 is 2.23 bits per heavy atom. The quantitative estimate of drug-likeness (QED) is 0.757. The number of carbonyl (C=O) groups excluding carboxylic acids is 1. The number of hydrogen-bond acceptors (Lipinski definition) is 6. The molecule has 0 unspecified atom stereocenters. The van der Waals surface area contributed by atoms with Gasteiger partial charge in [-0.3, -0.25) is 9.78 Å². The lowest BCUT2D eigenvalue weighted by Crippen LogP contribution is -2.21. The van der Waals surface area contributed by atoms with E-state index in [1.165, 1.54) is 12.5 Å². The molecule has 3 rings (SSSR count). The molecule has 0 saturated heterocycles. The largest absolute Gasteiger partial charge is 0.482 e. The van der Waals surface area contributed by atoms with Crippen LogP contribution in [0.4, 0.5) is 5.82 Å². The fourth-order valence-electron chi connectivity index (χ4n) is 1.71. The first kappa shape index (κ1) is 13.7. The van der Waals surface area contributed by atoms with Gasteiger partial charge in [-0.25, -0.2) is 14.6 Å². The average Bonchev–Trinajstić information content (AvgIpc) is 3.09. The first-order valence-corrected chi connectivity index (χ1v) is 6.46. The van der Waals surface area contributed by atoms with Crippen LogP contribution in [-0.2, 0) is 4.79 Å². The van der Waals surface area contributed by atoms with E-state index in [-0.39, 0.29) is 12.5 Å². The molecule has 0 saturated carbocycles. The summed E-state index contributed by atoms with van der Waals surface area (Å²) in [7, 11) is 0. The van der Waals surface area contributed by atoms with Crippen LogP contribution >= 0.6 is 0 Å². The third kappa shape index (κ3) is 3.42. The molecule has 8 nitrogen and oxygen atoms in total. The number of pyridine rings is 1. The van der Waals surface area contributed by atoms with Crippen LogP contribution in [0.1, 0.15) is 0 Å². The van der Waals surface area contributed by atoms with Crippen LogP contribution in [-0.4, -0.2) is 37.2 Å². The third-order valence-electron chi connectivity index (χ3n) is 2.66. The maximum absolute atomic E-state index is 11.8. The Balaban J connectivity index is 1.61. The van der Waals surface area contributed by atoms with Crippen LogP contribution in [0.15, 0.2) is 55.4 Å². The molecular weight excluding hydrogens is 284 g/mol. The van der Waals surface area contributed by atoms with Crippen LogP contribution in [0, 0.1) is 0 Å². The second-order valence-corrected chi connectivity index (χ2v) is 4.24. The Bertz CT molecular complexity index is 745. The summed E-state index contributed by atoms with van der Waals surface area (Å²) in [6, 6.07) is 6.85. The van der Waals surface area contributed by atoms with Crippen molar-refractivity contribution in [2.24, 2.45) is 0 Å². The second kappa shape index (κ2) is 6.44. The van der Waals surface area contributed by atoms with Gasteiger partial charge in [-0.1, -0.05) is 0 Å². The number of rotatable bonds is 5. The fourth-order valence-corrected chi connectivity index (χ4v) is 1.71. The number of nitrogens with one attached hydrogen (secondary N) is 1. The Morgan fingerprint density at radius 3 is 3.00 bits per heavy atom. The monoisotopic (exact) mass is 296 g/mol. The lowest BCUT2D eigenvalue weighted by Gasteiger charge is -2.07. The van der Waals surface area contributed by atoms with Crippen molar-refractivity contribution in [1.29, 1.82) is 0 Å². The molecule has 0 bridgehead atoms. The highest BCUT2D eigenvalue weighted by Gasteiger charge is 2.07. The summed E-state index contributed by atoms with van der Waals surface area (Å²) < 4.78 is 6.88. The molecule has 0 aliphatic heterocycles. The standard InChI is InChI=1S/C14H12N6O2/c21-14(9-22-11-3-1-4-15-8-11)19-12-7-13(17-10-16-12)20-6-2-5-18-20/h1-8,10H,9H2,(H,16,17,19,21). The average molecular weight is 296 g/mol. The molecule has 0 aromatic carbocycles. The Hall–Kier alpha value is -3.29. The molecule has 0 aliphatic carbocycles. The van der Waals surface area contributed by atoms with Crippen molar-refractivity contribution >= 4 is 11.7 Å². The normalized spacial score (nSPS) is 10.2. The first-order chi connectivity index (χ1) is 10.8. The van der Waals surface area contributed by atoms with Gasteiger partial charge in [0.25, 0.3) is 5.91 Å². The highest BCUT2D eigenvalue weighted by molar-refractivity contribution is 5.91. The van der Waals surface area contributed by atoms with E-state index < -0.39 is 0 Å². The SMILES string of the molecule is O=C(COc1cccnc1)Nc1cc(-n2cccn2)ncn1. The van der Waals surface area contributed by atoms with Crippen molar-refractivity contribution in [3.05, 3.63) is 55.4 Å². The van der Waals surface area contributed by atoms with Crippen LogP contribution in [0.5, 0.6) is 5.75 Å². The Morgan fingerprint density at radius 1 is 1.27 bits per heavy atom. The number of nitrogens with zero attached hydrogens (tertiary/aromatic N) is 5. The lowest BCUT2D eigenvalue weighted by atomic mass is 10.4. The summed E-state index contributed by atoms with van der Waals surface area (Å²) in [5.74, 6) is 1.13. The Kier molecular flexibility index (Phi) is 4.01. The van der Waals surface area contributed by atoms with Crippen molar-refractivity contribution in [2.45, 2.75) is 0 Å². The number of amides is 1. The predicted molar refractivity (Wildman–Crippen MR) is 77.5 cm³/mol. The number of carbonyl (C=O) groups is 1. The van der Waals surface area contributed by atoms with Crippen LogP contribution in [0.3, 0.4) is 0 Å². The molecule has 22 heavy (non-hydrogen) atoms. The number of ether oxygens (including phenoxy) is 1. The first-order valence-electron chi connectivity index (χ1n) is 6.46. The van der Waals surface area contributed by atoms with Crippen LogP contribution < -0.4 is 10.1 Å². The number of aromatic nitrogens is 5. The van der Waals surface area contributed by atoms with Crippen LogP contribution in [0.25, 0.3) is 5.82 Å². The zero-order valence-corrected chi connectivity index (χ0v) is 11.5. The molecule has 3 aromatic rings. The van der Waals surface area contributed by atoms with Gasteiger partial charge in [-0.15, -0.1) is 0 Å². The maximum Gasteiger partial charge on any atom is 0.263 e. The van der Waals surface area contributed by atoms with E-state index >= 15 is 0 Å². The van der Waals surface area contributed by atoms with E-state index in [9.17, 15) is 4.79 Å². The molecule has 0 atom stereocenters. The minimum absolute atomic E-state index is 0.132. The molecule has 3 heterocycles. The van der Waals surface area contributed by atoms with Gasteiger partial charge in [0.2, 0.25) is 0 Å². The third-order valence-corrected chi connectivity index (χ3v) is 2.66. The smallest absolute Gasteiger partial charge is 0.263 e. The van der Waals surface area contributed by atoms with Gasteiger partial charge in [0.15, 0.2) is 12.4 Å². The lowest BCUT2D eigenvalue weighted by molar-refractivity contribution is -0.118. The zero-order chi connectivity index (χ0) is 15.2. The van der Waals surface area contributed by atoms with Gasteiger partial charge < -0.3 is 10.1 Å². The molecule has 0 radical (unpaired) electrons. The van der Waals surface area contributed by atoms with Crippen molar-refractivity contribution < 1.29 is 9.53 Å². The maximum atomic E-state index is 11.8. The van der Waals surface area contributed by atoms with Gasteiger partial charge in [-0.2, -0.15) is 5.10 Å². The van der Waals surface area contributed by atoms with Crippen molar-refractivity contribution in [1.82, 2.24) is 24.7 Å². The number of anilines is 1. The molecular formula is C14H12N6O2. The van der Waals surface area contributed by atoms with Crippen molar-refractivity contribution in [3.8, 4) is 11.6 Å². The number of hydrogen-bond donors (Lipinski definition) is 1. The predicted octanol–water partition coefficient (Wildman–Crippen LogP) is 1.07. The minimum Gasteiger partial charge on any atom is -0.482 e.